The second-order valence-electron chi connectivity index (χ2n) is 2.88. The van der Waals surface area contributed by atoms with Crippen LogP contribution in [0.4, 0.5) is 0 Å². The number of thiophene rings is 1. The molecule has 2 rings (SSSR count). The third-order valence-corrected chi connectivity index (χ3v) is 3.04. The van der Waals surface area contributed by atoms with Crippen LogP contribution < -0.4 is 5.32 Å². The Hall–Kier alpha value is -1.33. The van der Waals surface area contributed by atoms with Gasteiger partial charge in [-0.25, -0.2) is 0 Å². The Bertz CT molecular complexity index is 452. The third kappa shape index (κ3) is 2.57. The minimum atomic E-state index is -0.145. The monoisotopic (exact) mass is 241 g/mol. The van der Waals surface area contributed by atoms with Crippen molar-refractivity contribution in [2.45, 2.75) is 6.54 Å². The maximum atomic E-state index is 11.5. The predicted molar refractivity (Wildman–Crippen MR) is 59.1 cm³/mol. The Balaban J connectivity index is 1.91. The normalized spacial score (nSPS) is 10.2. The molecule has 0 fully saturated rings. The maximum absolute atomic E-state index is 11.5. The molecule has 0 unspecified atom stereocenters. The molecule has 0 aromatic carbocycles. The van der Waals surface area contributed by atoms with E-state index in [4.69, 9.17) is 11.6 Å². The molecule has 78 valence electrons. The average molecular weight is 242 g/mol. The van der Waals surface area contributed by atoms with Crippen LogP contribution in [0.2, 0.25) is 4.34 Å². The SMILES string of the molecule is O=C(NCc1ccc(Cl)s1)c1cn[nH]c1. The van der Waals surface area contributed by atoms with Gasteiger partial charge in [0.05, 0.1) is 22.6 Å². The zero-order valence-electron chi connectivity index (χ0n) is 7.66. The molecule has 0 spiro atoms. The number of nitrogens with one attached hydrogen (secondary N) is 2. The molecule has 0 saturated carbocycles. The van der Waals surface area contributed by atoms with E-state index in [1.54, 1.807) is 6.20 Å². The summed E-state index contributed by atoms with van der Waals surface area (Å²) in [7, 11) is 0. The van der Waals surface area contributed by atoms with Gasteiger partial charge >= 0.3 is 0 Å². The van der Waals surface area contributed by atoms with Crippen molar-refractivity contribution in [2.75, 3.05) is 0 Å². The van der Waals surface area contributed by atoms with Crippen LogP contribution >= 0.6 is 22.9 Å². The average Bonchev–Trinajstić information content (AvgIpc) is 2.84. The van der Waals surface area contributed by atoms with Crippen molar-refractivity contribution >= 4 is 28.8 Å². The fourth-order valence-electron chi connectivity index (χ4n) is 1.09. The number of nitrogens with zero attached hydrogens (tertiary/aromatic N) is 1. The summed E-state index contributed by atoms with van der Waals surface area (Å²) in [5.74, 6) is -0.145. The van der Waals surface area contributed by atoms with E-state index in [0.717, 1.165) is 9.21 Å². The molecule has 0 saturated heterocycles. The first-order valence-electron chi connectivity index (χ1n) is 4.27. The van der Waals surface area contributed by atoms with E-state index in [-0.39, 0.29) is 5.91 Å². The van der Waals surface area contributed by atoms with Crippen LogP contribution in [0.1, 0.15) is 15.2 Å². The standard InChI is InChI=1S/C9H8ClN3OS/c10-8-2-1-7(15-8)5-11-9(14)6-3-12-13-4-6/h1-4H,5H2,(H,11,14)(H,12,13). The first-order chi connectivity index (χ1) is 7.25. The molecular formula is C9H8ClN3OS. The van der Waals surface area contributed by atoms with Gasteiger partial charge < -0.3 is 5.32 Å². The van der Waals surface area contributed by atoms with Gasteiger partial charge in [0.2, 0.25) is 0 Å². The molecule has 2 heterocycles. The molecule has 2 aromatic rings. The molecule has 0 atom stereocenters. The lowest BCUT2D eigenvalue weighted by atomic mass is 10.3. The second-order valence-corrected chi connectivity index (χ2v) is 4.68. The van der Waals surface area contributed by atoms with E-state index >= 15 is 0 Å². The van der Waals surface area contributed by atoms with Crippen LogP contribution in [-0.2, 0) is 6.54 Å². The quantitative estimate of drug-likeness (QED) is 0.864. The van der Waals surface area contributed by atoms with Crippen LogP contribution in [0.3, 0.4) is 0 Å². The summed E-state index contributed by atoms with van der Waals surface area (Å²) in [6.45, 7) is 0.488. The minimum Gasteiger partial charge on any atom is -0.347 e. The van der Waals surface area contributed by atoms with E-state index in [9.17, 15) is 4.79 Å². The molecule has 1 amide bonds. The third-order valence-electron chi connectivity index (χ3n) is 1.81. The van der Waals surface area contributed by atoms with Crippen molar-refractivity contribution in [1.82, 2.24) is 15.5 Å². The number of halogens is 1. The second kappa shape index (κ2) is 4.46. The van der Waals surface area contributed by atoms with Gasteiger partial charge in [-0.15, -0.1) is 11.3 Å². The van der Waals surface area contributed by atoms with Gasteiger partial charge in [-0.05, 0) is 12.1 Å². The van der Waals surface area contributed by atoms with Crippen molar-refractivity contribution in [2.24, 2.45) is 0 Å². The molecule has 6 heteroatoms. The van der Waals surface area contributed by atoms with Gasteiger partial charge in [-0.1, -0.05) is 11.6 Å². The number of hydrogen-bond acceptors (Lipinski definition) is 3. The number of carbonyl (C=O) groups is 1. The molecule has 2 N–H and O–H groups in total. The van der Waals surface area contributed by atoms with Crippen LogP contribution in [0.5, 0.6) is 0 Å². The van der Waals surface area contributed by atoms with Crippen LogP contribution in [0.15, 0.2) is 24.5 Å². The van der Waals surface area contributed by atoms with E-state index in [1.165, 1.54) is 17.5 Å². The summed E-state index contributed by atoms with van der Waals surface area (Å²) in [5.41, 5.74) is 0.526. The number of amides is 1. The number of hydrogen-bond donors (Lipinski definition) is 2. The lowest BCUT2D eigenvalue weighted by molar-refractivity contribution is 0.0951. The maximum Gasteiger partial charge on any atom is 0.254 e. The lowest BCUT2D eigenvalue weighted by Gasteiger charge is -1.99. The molecular weight excluding hydrogens is 234 g/mol. The molecule has 0 aliphatic carbocycles. The van der Waals surface area contributed by atoms with Gasteiger partial charge in [0.25, 0.3) is 5.91 Å². The largest absolute Gasteiger partial charge is 0.347 e. The Kier molecular flexibility index (Phi) is 3.03. The van der Waals surface area contributed by atoms with E-state index in [0.29, 0.717) is 12.1 Å². The number of H-pyrrole nitrogens is 1. The summed E-state index contributed by atoms with van der Waals surface area (Å²) < 4.78 is 0.725. The van der Waals surface area contributed by atoms with Crippen molar-refractivity contribution in [3.8, 4) is 0 Å². The topological polar surface area (TPSA) is 57.8 Å². The number of aromatic nitrogens is 2. The number of aromatic amines is 1. The van der Waals surface area contributed by atoms with Gasteiger partial charge in [0.15, 0.2) is 0 Å². The predicted octanol–water partition coefficient (Wildman–Crippen LogP) is 2.05. The van der Waals surface area contributed by atoms with Crippen LogP contribution in [0, 0.1) is 0 Å². The van der Waals surface area contributed by atoms with E-state index < -0.39 is 0 Å². The highest BCUT2D eigenvalue weighted by molar-refractivity contribution is 7.16. The summed E-state index contributed by atoms with van der Waals surface area (Å²) in [6.07, 6.45) is 3.04. The van der Waals surface area contributed by atoms with E-state index in [1.807, 2.05) is 12.1 Å². The number of rotatable bonds is 3. The van der Waals surface area contributed by atoms with E-state index in [2.05, 4.69) is 15.5 Å². The van der Waals surface area contributed by atoms with Gasteiger partial charge in [-0.3, -0.25) is 9.89 Å². The zero-order valence-corrected chi connectivity index (χ0v) is 9.23. The molecule has 0 aliphatic heterocycles. The first-order valence-corrected chi connectivity index (χ1v) is 5.46. The fraction of sp³-hybridized carbons (Fsp3) is 0.111. The van der Waals surface area contributed by atoms with Crippen molar-refractivity contribution in [3.05, 3.63) is 39.3 Å². The minimum absolute atomic E-state index is 0.145. The summed E-state index contributed by atoms with van der Waals surface area (Å²) in [6, 6.07) is 3.70. The van der Waals surface area contributed by atoms with Crippen molar-refractivity contribution in [3.63, 3.8) is 0 Å². The molecule has 2 aromatic heterocycles. The summed E-state index contributed by atoms with van der Waals surface area (Å²) in [5, 5.41) is 9.05. The molecule has 15 heavy (non-hydrogen) atoms. The molecule has 4 nitrogen and oxygen atoms in total. The van der Waals surface area contributed by atoms with Gasteiger partial charge in [0, 0.05) is 11.1 Å². The van der Waals surface area contributed by atoms with Gasteiger partial charge in [-0.2, -0.15) is 5.10 Å². The Morgan fingerprint density at radius 2 is 2.47 bits per heavy atom. The Morgan fingerprint density at radius 1 is 1.60 bits per heavy atom. The molecule has 0 radical (unpaired) electrons. The first kappa shape index (κ1) is 10.2. The Morgan fingerprint density at radius 3 is 3.07 bits per heavy atom. The highest BCUT2D eigenvalue weighted by Crippen LogP contribution is 2.20. The smallest absolute Gasteiger partial charge is 0.254 e. The lowest BCUT2D eigenvalue weighted by Crippen LogP contribution is -2.21. The van der Waals surface area contributed by atoms with Crippen molar-refractivity contribution < 1.29 is 4.79 Å². The van der Waals surface area contributed by atoms with Crippen LogP contribution in [0.25, 0.3) is 0 Å². The fourth-order valence-corrected chi connectivity index (χ4v) is 2.12. The van der Waals surface area contributed by atoms with Gasteiger partial charge in [0.1, 0.15) is 0 Å². The highest BCUT2D eigenvalue weighted by atomic mass is 35.5. The summed E-state index contributed by atoms with van der Waals surface area (Å²) >= 11 is 7.22. The van der Waals surface area contributed by atoms with Crippen LogP contribution in [-0.4, -0.2) is 16.1 Å². The Labute approximate surface area is 95.3 Å². The highest BCUT2D eigenvalue weighted by Gasteiger charge is 2.06. The zero-order chi connectivity index (χ0) is 10.7. The summed E-state index contributed by atoms with van der Waals surface area (Å²) in [4.78, 5) is 12.5. The van der Waals surface area contributed by atoms with Crippen molar-refractivity contribution in [1.29, 1.82) is 0 Å². The number of carbonyl (C=O) groups excluding carboxylic acids is 1. The molecule has 0 aliphatic rings. The molecule has 0 bridgehead atoms.